The third-order valence-corrected chi connectivity index (χ3v) is 3.63. The first-order chi connectivity index (χ1) is 10.6. The molecule has 0 heterocycles. The van der Waals surface area contributed by atoms with E-state index in [-0.39, 0.29) is 5.69 Å². The minimum atomic E-state index is -0.416. The first kappa shape index (κ1) is 18.4. The van der Waals surface area contributed by atoms with Crippen molar-refractivity contribution < 1.29 is 4.92 Å². The summed E-state index contributed by atoms with van der Waals surface area (Å²) in [5, 5.41) is 17.3. The minimum absolute atomic E-state index is 0.0554. The number of nitro benzene ring substituents is 1. The number of benzene rings is 1. The van der Waals surface area contributed by atoms with Crippen molar-refractivity contribution in [3.05, 3.63) is 34.4 Å². The summed E-state index contributed by atoms with van der Waals surface area (Å²) in [6.45, 7) is 3.05. The Morgan fingerprint density at radius 2 is 1.86 bits per heavy atom. The van der Waals surface area contributed by atoms with E-state index in [1.807, 2.05) is 0 Å². The van der Waals surface area contributed by atoms with Crippen LogP contribution in [0.4, 0.5) is 11.4 Å². The van der Waals surface area contributed by atoms with Crippen molar-refractivity contribution in [2.45, 2.75) is 51.9 Å². The zero-order valence-electron chi connectivity index (χ0n) is 13.1. The number of non-ortho nitro benzene ring substituents is 1. The number of anilines is 1. The van der Waals surface area contributed by atoms with Crippen LogP contribution in [0.25, 0.3) is 0 Å². The van der Waals surface area contributed by atoms with Crippen LogP contribution >= 0.6 is 12.2 Å². The van der Waals surface area contributed by atoms with Gasteiger partial charge in [0.2, 0.25) is 0 Å². The maximum Gasteiger partial charge on any atom is 0.271 e. The average molecular weight is 323 g/mol. The first-order valence-electron chi connectivity index (χ1n) is 7.92. The van der Waals surface area contributed by atoms with Crippen LogP contribution in [-0.2, 0) is 0 Å². The molecule has 0 fully saturated rings. The normalized spacial score (nSPS) is 10.2. The summed E-state index contributed by atoms with van der Waals surface area (Å²) in [6, 6.07) is 6.33. The van der Waals surface area contributed by atoms with Crippen LogP contribution in [0.15, 0.2) is 24.3 Å². The third-order valence-electron chi connectivity index (χ3n) is 3.38. The molecule has 0 aliphatic heterocycles. The molecule has 0 spiro atoms. The van der Waals surface area contributed by atoms with E-state index in [9.17, 15) is 10.1 Å². The average Bonchev–Trinajstić information content (AvgIpc) is 2.50. The van der Waals surface area contributed by atoms with Crippen LogP contribution in [0, 0.1) is 10.1 Å². The number of rotatable bonds is 10. The Hall–Kier alpha value is -1.69. The van der Waals surface area contributed by atoms with Crippen molar-refractivity contribution in [3.8, 4) is 0 Å². The Kier molecular flexibility index (Phi) is 9.14. The highest BCUT2D eigenvalue weighted by atomic mass is 32.1. The molecule has 0 aromatic heterocycles. The summed E-state index contributed by atoms with van der Waals surface area (Å²) < 4.78 is 0. The lowest BCUT2D eigenvalue weighted by molar-refractivity contribution is -0.384. The Bertz CT molecular complexity index is 480. The quantitative estimate of drug-likeness (QED) is 0.284. The van der Waals surface area contributed by atoms with Gasteiger partial charge in [0.25, 0.3) is 5.69 Å². The molecule has 0 saturated heterocycles. The number of hydrogen-bond acceptors (Lipinski definition) is 3. The Labute approximate surface area is 137 Å². The van der Waals surface area contributed by atoms with Gasteiger partial charge in [0, 0.05) is 24.4 Å². The van der Waals surface area contributed by atoms with Gasteiger partial charge in [0.15, 0.2) is 5.11 Å². The summed E-state index contributed by atoms with van der Waals surface area (Å²) in [6.07, 6.45) is 8.81. The molecular formula is C16H25N3O2S. The van der Waals surface area contributed by atoms with Crippen LogP contribution in [0.2, 0.25) is 0 Å². The Morgan fingerprint density at radius 3 is 2.55 bits per heavy atom. The Balaban J connectivity index is 2.16. The number of hydrogen-bond donors (Lipinski definition) is 2. The van der Waals surface area contributed by atoms with Gasteiger partial charge in [-0.15, -0.1) is 0 Å². The minimum Gasteiger partial charge on any atom is -0.362 e. The molecule has 0 unspecified atom stereocenters. The van der Waals surface area contributed by atoms with Crippen LogP contribution in [0.5, 0.6) is 0 Å². The zero-order valence-corrected chi connectivity index (χ0v) is 14.0. The van der Waals surface area contributed by atoms with E-state index in [0.29, 0.717) is 10.8 Å². The second kappa shape index (κ2) is 11.0. The van der Waals surface area contributed by atoms with Crippen molar-refractivity contribution >= 4 is 28.7 Å². The van der Waals surface area contributed by atoms with E-state index >= 15 is 0 Å². The van der Waals surface area contributed by atoms with Crippen molar-refractivity contribution in [2.75, 3.05) is 11.9 Å². The summed E-state index contributed by atoms with van der Waals surface area (Å²) in [5.41, 5.74) is 0.686. The van der Waals surface area contributed by atoms with Gasteiger partial charge in [0.05, 0.1) is 4.92 Å². The number of unbranched alkanes of at least 4 members (excludes halogenated alkanes) is 6. The molecule has 6 heteroatoms. The van der Waals surface area contributed by atoms with E-state index in [0.717, 1.165) is 13.0 Å². The SMILES string of the molecule is CCCCCCCCCNC(=S)Nc1cccc([N+](=O)[O-])c1. The Morgan fingerprint density at radius 1 is 1.18 bits per heavy atom. The van der Waals surface area contributed by atoms with E-state index in [4.69, 9.17) is 12.2 Å². The molecule has 22 heavy (non-hydrogen) atoms. The van der Waals surface area contributed by atoms with Gasteiger partial charge in [-0.1, -0.05) is 51.5 Å². The summed E-state index contributed by atoms with van der Waals surface area (Å²) in [5.74, 6) is 0. The molecule has 5 nitrogen and oxygen atoms in total. The lowest BCUT2D eigenvalue weighted by Gasteiger charge is -2.10. The van der Waals surface area contributed by atoms with Crippen molar-refractivity contribution in [3.63, 3.8) is 0 Å². The van der Waals surface area contributed by atoms with Crippen molar-refractivity contribution in [1.29, 1.82) is 0 Å². The molecule has 1 rings (SSSR count). The smallest absolute Gasteiger partial charge is 0.271 e. The van der Waals surface area contributed by atoms with E-state index < -0.39 is 4.92 Å². The monoisotopic (exact) mass is 323 g/mol. The predicted octanol–water partition coefficient (Wildman–Crippen LogP) is 4.63. The van der Waals surface area contributed by atoms with E-state index in [1.165, 1.54) is 50.7 Å². The number of nitro groups is 1. The fraction of sp³-hybridized carbons (Fsp3) is 0.562. The molecule has 1 aromatic carbocycles. The number of thiocarbonyl (C=S) groups is 1. The maximum absolute atomic E-state index is 10.7. The van der Waals surface area contributed by atoms with Crippen LogP contribution in [0.3, 0.4) is 0 Å². The highest BCUT2D eigenvalue weighted by Gasteiger charge is 2.06. The number of nitrogens with one attached hydrogen (secondary N) is 2. The molecule has 0 saturated carbocycles. The van der Waals surface area contributed by atoms with Gasteiger partial charge in [-0.05, 0) is 24.7 Å². The highest BCUT2D eigenvalue weighted by Crippen LogP contribution is 2.16. The van der Waals surface area contributed by atoms with Gasteiger partial charge < -0.3 is 10.6 Å². The standard InChI is InChI=1S/C16H25N3O2S/c1-2-3-4-5-6-7-8-12-17-16(22)18-14-10-9-11-15(13-14)19(20)21/h9-11,13H,2-8,12H2,1H3,(H2,17,18,22). The lowest BCUT2D eigenvalue weighted by atomic mass is 10.1. The third kappa shape index (κ3) is 7.93. The topological polar surface area (TPSA) is 67.2 Å². The molecule has 0 aliphatic rings. The molecule has 2 N–H and O–H groups in total. The summed E-state index contributed by atoms with van der Waals surface area (Å²) in [4.78, 5) is 10.3. The largest absolute Gasteiger partial charge is 0.362 e. The maximum atomic E-state index is 10.7. The fourth-order valence-corrected chi connectivity index (χ4v) is 2.38. The molecule has 0 aliphatic carbocycles. The molecule has 0 amide bonds. The molecule has 0 radical (unpaired) electrons. The van der Waals surface area contributed by atoms with Crippen LogP contribution < -0.4 is 10.6 Å². The van der Waals surface area contributed by atoms with E-state index in [1.54, 1.807) is 12.1 Å². The molecular weight excluding hydrogens is 298 g/mol. The van der Waals surface area contributed by atoms with E-state index in [2.05, 4.69) is 17.6 Å². The predicted molar refractivity (Wildman–Crippen MR) is 95.3 cm³/mol. The lowest BCUT2D eigenvalue weighted by Crippen LogP contribution is -2.29. The summed E-state index contributed by atoms with van der Waals surface area (Å²) >= 11 is 5.19. The molecule has 0 bridgehead atoms. The molecule has 1 aromatic rings. The van der Waals surface area contributed by atoms with Gasteiger partial charge in [-0.3, -0.25) is 10.1 Å². The van der Waals surface area contributed by atoms with Crippen molar-refractivity contribution in [2.24, 2.45) is 0 Å². The highest BCUT2D eigenvalue weighted by molar-refractivity contribution is 7.80. The van der Waals surface area contributed by atoms with Crippen LogP contribution in [-0.4, -0.2) is 16.6 Å². The van der Waals surface area contributed by atoms with Crippen molar-refractivity contribution in [1.82, 2.24) is 5.32 Å². The molecule has 122 valence electrons. The summed E-state index contributed by atoms with van der Waals surface area (Å²) in [7, 11) is 0. The van der Waals surface area contributed by atoms with Gasteiger partial charge in [0.1, 0.15) is 0 Å². The van der Waals surface area contributed by atoms with Gasteiger partial charge >= 0.3 is 0 Å². The fourth-order valence-electron chi connectivity index (χ4n) is 2.16. The second-order valence-corrected chi connectivity index (χ2v) is 5.72. The zero-order chi connectivity index (χ0) is 16.2. The first-order valence-corrected chi connectivity index (χ1v) is 8.33. The number of nitrogens with zero attached hydrogens (tertiary/aromatic N) is 1. The molecule has 0 atom stereocenters. The second-order valence-electron chi connectivity index (χ2n) is 5.31. The van der Waals surface area contributed by atoms with Gasteiger partial charge in [-0.2, -0.15) is 0 Å². The van der Waals surface area contributed by atoms with Crippen LogP contribution in [0.1, 0.15) is 51.9 Å². The van der Waals surface area contributed by atoms with Gasteiger partial charge in [-0.25, -0.2) is 0 Å².